The van der Waals surface area contributed by atoms with E-state index in [-0.39, 0.29) is 63.6 Å². The molecule has 250 valence electrons. The Balaban J connectivity index is 1.82. The molecule has 6 rings (SSSR count). The van der Waals surface area contributed by atoms with Crippen LogP contribution in [0.1, 0.15) is 32.3 Å². The lowest BCUT2D eigenvalue weighted by atomic mass is 9.94. The van der Waals surface area contributed by atoms with Crippen molar-refractivity contribution >= 4 is 51.4 Å². The summed E-state index contributed by atoms with van der Waals surface area (Å²) in [7, 11) is 1.40. The molecule has 4 N–H and O–H groups in total. The number of piperazine rings is 1. The summed E-state index contributed by atoms with van der Waals surface area (Å²) in [6.45, 7) is 9.01. The van der Waals surface area contributed by atoms with Crippen molar-refractivity contribution in [1.29, 1.82) is 0 Å². The third-order valence-corrected chi connectivity index (χ3v) is 9.45. The van der Waals surface area contributed by atoms with E-state index in [0.29, 0.717) is 5.56 Å². The van der Waals surface area contributed by atoms with Gasteiger partial charge in [-0.05, 0) is 42.7 Å². The number of quaternary nitrogens is 1. The Morgan fingerprint density at radius 2 is 1.81 bits per heavy atom. The number of amides is 2. The molecule has 48 heavy (non-hydrogen) atoms. The van der Waals surface area contributed by atoms with E-state index in [0.717, 1.165) is 21.6 Å². The van der Waals surface area contributed by atoms with Crippen LogP contribution in [0.2, 0.25) is 5.02 Å². The minimum atomic E-state index is -1.16. The van der Waals surface area contributed by atoms with Crippen LogP contribution in [0.3, 0.4) is 0 Å². The van der Waals surface area contributed by atoms with Crippen LogP contribution in [-0.2, 0) is 9.59 Å². The number of anilines is 2. The van der Waals surface area contributed by atoms with Crippen LogP contribution in [0.4, 0.5) is 25.8 Å². The molecule has 0 aliphatic carbocycles. The molecule has 2 aliphatic rings. The SMILES string of the molecule is C=CC(=O)N1CC2C(=O)N(C)c3c(c4cc(Cl)c(-c5c(O)cccc5F)c(F)c4n(-c4c(C(C)C)cccc4[NH+](N)[O-])c3=O)N2CC1C. The molecule has 1 fully saturated rings. The molecule has 0 spiro atoms. The number of rotatable bonds is 5. The van der Waals surface area contributed by atoms with Gasteiger partial charge in [0.2, 0.25) is 5.91 Å². The summed E-state index contributed by atoms with van der Waals surface area (Å²) in [5, 5.41) is 22.4. The predicted octanol–water partition coefficient (Wildman–Crippen LogP) is 3.87. The summed E-state index contributed by atoms with van der Waals surface area (Å²) in [6.07, 6.45) is 1.16. The van der Waals surface area contributed by atoms with E-state index in [2.05, 4.69) is 6.58 Å². The molecule has 2 aliphatic heterocycles. The largest absolute Gasteiger partial charge is 0.608 e. The fraction of sp³-hybridized carbons (Fsp3) is 0.265. The summed E-state index contributed by atoms with van der Waals surface area (Å²) in [5.74, 6) is 1.92. The van der Waals surface area contributed by atoms with Gasteiger partial charge in [-0.2, -0.15) is 5.84 Å². The molecule has 3 heterocycles. The van der Waals surface area contributed by atoms with Crippen LogP contribution in [-0.4, -0.2) is 58.6 Å². The van der Waals surface area contributed by atoms with Crippen molar-refractivity contribution in [2.75, 3.05) is 29.9 Å². The highest BCUT2D eigenvalue weighted by Crippen LogP contribution is 2.48. The molecule has 3 aromatic carbocycles. The first-order valence-electron chi connectivity index (χ1n) is 15.2. The number of likely N-dealkylation sites (N-methyl/N-ethyl adjacent to an activating group) is 1. The average Bonchev–Trinajstić information content (AvgIpc) is 3.03. The number of hydrogen-bond acceptors (Lipinski definition) is 7. The van der Waals surface area contributed by atoms with Gasteiger partial charge in [0.15, 0.2) is 11.5 Å². The van der Waals surface area contributed by atoms with E-state index < -0.39 is 57.2 Å². The molecule has 3 unspecified atom stereocenters. The van der Waals surface area contributed by atoms with E-state index in [1.165, 1.54) is 36.2 Å². The number of phenolic OH excluding ortho intramolecular Hbond substituents is 1. The third kappa shape index (κ3) is 4.84. The first kappa shape index (κ1) is 33.1. The quantitative estimate of drug-likeness (QED) is 0.165. The van der Waals surface area contributed by atoms with Gasteiger partial charge in [0.1, 0.15) is 29.0 Å². The molecule has 2 amide bonds. The van der Waals surface area contributed by atoms with Crippen LogP contribution < -0.4 is 26.4 Å². The molecule has 0 saturated carbocycles. The van der Waals surface area contributed by atoms with Crippen LogP contribution >= 0.6 is 11.6 Å². The number of carbonyl (C=O) groups excluding carboxylic acids is 2. The second-order valence-electron chi connectivity index (χ2n) is 12.3. The number of nitrogen functional groups attached to an aromatic ring is 1. The first-order valence-corrected chi connectivity index (χ1v) is 15.6. The number of fused-ring (bicyclic) bond motifs is 5. The number of nitrogens with zero attached hydrogens (tertiary/aromatic N) is 4. The predicted molar refractivity (Wildman–Crippen MR) is 180 cm³/mol. The van der Waals surface area contributed by atoms with Crippen molar-refractivity contribution in [3.63, 3.8) is 0 Å². The van der Waals surface area contributed by atoms with Gasteiger partial charge < -0.3 is 25.0 Å². The molecular formula is C34H33ClF2N6O5. The van der Waals surface area contributed by atoms with Crippen LogP contribution in [0.15, 0.2) is 59.9 Å². The standard InChI is InChI=1S/C34H33ClF2N6O5/c1-6-25(45)40-15-23-33(46)39(5)32-31(41(23)14-17(40)4)19-13-20(35)26(27-21(36)10-8-12-24(27)44)28(37)30(19)42(34(32)47)29-18(16(2)3)9-7-11-22(29)43(38)48/h6-13,16-17,23,43-44H,1,14-15,38H2,2-5H3. The van der Waals surface area contributed by atoms with Gasteiger partial charge in [-0.25, -0.2) is 8.78 Å². The highest BCUT2D eigenvalue weighted by molar-refractivity contribution is 6.35. The van der Waals surface area contributed by atoms with Gasteiger partial charge in [-0.3, -0.25) is 24.1 Å². The molecule has 0 radical (unpaired) electrons. The Kier molecular flexibility index (Phi) is 8.28. The second-order valence-corrected chi connectivity index (χ2v) is 12.7. The zero-order chi connectivity index (χ0) is 34.9. The van der Waals surface area contributed by atoms with E-state index in [1.54, 1.807) is 24.0 Å². The number of nitrogens with two attached hydrogens (primary N) is 1. The van der Waals surface area contributed by atoms with Crippen LogP contribution in [0, 0.1) is 16.8 Å². The van der Waals surface area contributed by atoms with Crippen molar-refractivity contribution in [3.05, 3.63) is 92.9 Å². The van der Waals surface area contributed by atoms with Gasteiger partial charge in [0.25, 0.3) is 11.5 Å². The molecule has 4 aromatic rings. The number of aromatic nitrogens is 1. The average molecular weight is 679 g/mol. The highest BCUT2D eigenvalue weighted by atomic mass is 35.5. The van der Waals surface area contributed by atoms with Crippen LogP contribution in [0.25, 0.3) is 27.7 Å². The number of pyridine rings is 1. The van der Waals surface area contributed by atoms with Gasteiger partial charge >= 0.3 is 0 Å². The van der Waals surface area contributed by atoms with E-state index >= 15 is 8.78 Å². The smallest absolute Gasteiger partial charge is 0.282 e. The summed E-state index contributed by atoms with van der Waals surface area (Å²) >= 11 is 6.74. The highest BCUT2D eigenvalue weighted by Gasteiger charge is 2.46. The molecule has 3 atom stereocenters. The number of para-hydroxylation sites is 1. The molecule has 11 nitrogen and oxygen atoms in total. The number of phenols is 1. The molecule has 0 bridgehead atoms. The Hall–Kier alpha value is -4.82. The number of halogens is 3. The maximum Gasteiger partial charge on any atom is 0.282 e. The fourth-order valence-electron chi connectivity index (χ4n) is 6.91. The molecule has 1 saturated heterocycles. The third-order valence-electron chi connectivity index (χ3n) is 9.16. The zero-order valence-electron chi connectivity index (χ0n) is 26.6. The van der Waals surface area contributed by atoms with Gasteiger partial charge in [0, 0.05) is 36.7 Å². The van der Waals surface area contributed by atoms with E-state index in [9.17, 15) is 24.7 Å². The van der Waals surface area contributed by atoms with Crippen molar-refractivity contribution in [3.8, 4) is 22.6 Å². The molecule has 1 aromatic heterocycles. The number of nitrogens with one attached hydrogen (secondary N) is 1. The summed E-state index contributed by atoms with van der Waals surface area (Å²) in [6, 6.07) is 8.06. The minimum absolute atomic E-state index is 0.0135. The minimum Gasteiger partial charge on any atom is -0.608 e. The maximum atomic E-state index is 17.4. The number of benzene rings is 3. The topological polar surface area (TPSA) is 140 Å². The lowest BCUT2D eigenvalue weighted by Crippen LogP contribution is -3.08. The Morgan fingerprint density at radius 3 is 2.44 bits per heavy atom. The molecule has 14 heteroatoms. The molecular weight excluding hydrogens is 646 g/mol. The van der Waals surface area contributed by atoms with Crippen LogP contribution in [0.5, 0.6) is 5.75 Å². The monoisotopic (exact) mass is 678 g/mol. The van der Waals surface area contributed by atoms with E-state index in [4.69, 9.17) is 17.4 Å². The van der Waals surface area contributed by atoms with E-state index in [1.807, 2.05) is 13.8 Å². The zero-order valence-corrected chi connectivity index (χ0v) is 27.3. The first-order chi connectivity index (χ1) is 22.7. The fourth-order valence-corrected chi connectivity index (χ4v) is 7.19. The lowest BCUT2D eigenvalue weighted by Gasteiger charge is -2.50. The normalized spacial score (nSPS) is 18.3. The summed E-state index contributed by atoms with van der Waals surface area (Å²) in [4.78, 5) is 45.9. The van der Waals surface area contributed by atoms with Gasteiger partial charge in [0.05, 0.1) is 28.3 Å². The van der Waals surface area contributed by atoms with Crippen molar-refractivity contribution in [2.24, 2.45) is 5.84 Å². The van der Waals surface area contributed by atoms with Gasteiger partial charge in [-0.15, -0.1) is 0 Å². The summed E-state index contributed by atoms with van der Waals surface area (Å²) < 4.78 is 33.7. The van der Waals surface area contributed by atoms with Crippen molar-refractivity contribution < 1.29 is 28.6 Å². The Labute approximate surface area is 279 Å². The number of hydrogen-bond donors (Lipinski definition) is 3. The second kappa shape index (κ2) is 12.0. The number of aromatic hydroxyl groups is 1. The summed E-state index contributed by atoms with van der Waals surface area (Å²) in [5.41, 5.74) is -1.87. The van der Waals surface area contributed by atoms with Gasteiger partial charge in [-0.1, -0.05) is 50.2 Å². The number of carbonyl (C=O) groups is 2. The van der Waals surface area contributed by atoms with Crippen molar-refractivity contribution in [1.82, 2.24) is 9.47 Å². The Bertz CT molecular complexity index is 2050. The maximum absolute atomic E-state index is 17.4. The van der Waals surface area contributed by atoms with Crippen molar-refractivity contribution in [2.45, 2.75) is 38.8 Å². The lowest BCUT2D eigenvalue weighted by molar-refractivity contribution is -0.789. The Morgan fingerprint density at radius 1 is 1.12 bits per heavy atom.